The lowest BCUT2D eigenvalue weighted by Crippen LogP contribution is -2.05. The highest BCUT2D eigenvalue weighted by atomic mass is 79.9. The van der Waals surface area contributed by atoms with Crippen LogP contribution >= 0.6 is 27.5 Å². The smallest absolute Gasteiger partial charge is 0.168 e. The van der Waals surface area contributed by atoms with Crippen LogP contribution in [0.3, 0.4) is 0 Å². The Labute approximate surface area is 122 Å². The van der Waals surface area contributed by atoms with Crippen molar-refractivity contribution in [3.63, 3.8) is 0 Å². The van der Waals surface area contributed by atoms with Crippen LogP contribution in [-0.4, -0.2) is 9.97 Å². The Morgan fingerprint density at radius 3 is 2.79 bits per heavy atom. The third-order valence-corrected chi connectivity index (χ3v) is 3.16. The standard InChI is InChI=1S/C12H10BrClFN3O/c1-6-2-11(16)18-12(17-6)5-19-10-4-9(15)8(14)3-7(10)13/h2-4H,5H2,1H3,(H2,16,17,18). The lowest BCUT2D eigenvalue weighted by Gasteiger charge is -2.09. The molecule has 4 nitrogen and oxygen atoms in total. The maximum Gasteiger partial charge on any atom is 0.168 e. The van der Waals surface area contributed by atoms with Crippen LogP contribution in [-0.2, 0) is 6.61 Å². The SMILES string of the molecule is Cc1cc(N)nc(COc2cc(F)c(Cl)cc2Br)n1. The summed E-state index contributed by atoms with van der Waals surface area (Å²) in [6.45, 7) is 1.89. The number of hydrogen-bond donors (Lipinski definition) is 1. The summed E-state index contributed by atoms with van der Waals surface area (Å²) >= 11 is 8.89. The molecule has 0 unspecified atom stereocenters. The molecule has 0 aliphatic rings. The van der Waals surface area contributed by atoms with E-state index in [2.05, 4.69) is 25.9 Å². The van der Waals surface area contributed by atoms with E-state index in [1.807, 2.05) is 0 Å². The summed E-state index contributed by atoms with van der Waals surface area (Å²) in [5.74, 6) is 0.572. The maximum absolute atomic E-state index is 13.3. The Balaban J connectivity index is 2.16. The second kappa shape index (κ2) is 5.71. The first-order valence-corrected chi connectivity index (χ1v) is 6.50. The first-order valence-electron chi connectivity index (χ1n) is 5.33. The van der Waals surface area contributed by atoms with Crippen molar-refractivity contribution in [3.8, 4) is 5.75 Å². The van der Waals surface area contributed by atoms with Gasteiger partial charge in [0.15, 0.2) is 5.82 Å². The van der Waals surface area contributed by atoms with Crippen molar-refractivity contribution in [2.24, 2.45) is 0 Å². The molecular formula is C12H10BrClFN3O. The molecule has 0 fully saturated rings. The Bertz CT molecular complexity index is 604. The van der Waals surface area contributed by atoms with Gasteiger partial charge in [0.2, 0.25) is 0 Å². The number of rotatable bonds is 3. The Hall–Kier alpha value is -1.40. The molecule has 19 heavy (non-hydrogen) atoms. The largest absolute Gasteiger partial charge is 0.484 e. The van der Waals surface area contributed by atoms with Crippen molar-refractivity contribution < 1.29 is 9.13 Å². The van der Waals surface area contributed by atoms with Gasteiger partial charge in [-0.25, -0.2) is 14.4 Å². The fraction of sp³-hybridized carbons (Fsp3) is 0.167. The zero-order chi connectivity index (χ0) is 14.0. The van der Waals surface area contributed by atoms with Crippen molar-refractivity contribution in [3.05, 3.63) is 45.0 Å². The molecule has 0 radical (unpaired) electrons. The highest BCUT2D eigenvalue weighted by molar-refractivity contribution is 9.10. The van der Waals surface area contributed by atoms with E-state index in [0.717, 1.165) is 5.69 Å². The molecule has 0 bridgehead atoms. The van der Waals surface area contributed by atoms with Gasteiger partial charge in [-0.15, -0.1) is 0 Å². The summed E-state index contributed by atoms with van der Waals surface area (Å²) < 4.78 is 19.3. The predicted molar refractivity (Wildman–Crippen MR) is 74.6 cm³/mol. The molecule has 7 heteroatoms. The normalized spacial score (nSPS) is 10.5. The average Bonchev–Trinajstić information content (AvgIpc) is 2.31. The average molecular weight is 347 g/mol. The van der Waals surface area contributed by atoms with Crippen LogP contribution in [0.25, 0.3) is 0 Å². The number of nitrogen functional groups attached to an aromatic ring is 1. The van der Waals surface area contributed by atoms with Gasteiger partial charge in [0.05, 0.1) is 9.50 Å². The molecule has 0 saturated heterocycles. The minimum Gasteiger partial charge on any atom is -0.484 e. The molecule has 0 spiro atoms. The van der Waals surface area contributed by atoms with Crippen molar-refractivity contribution in [2.75, 3.05) is 5.73 Å². The van der Waals surface area contributed by atoms with E-state index < -0.39 is 5.82 Å². The number of nitrogens with zero attached hydrogens (tertiary/aromatic N) is 2. The first-order chi connectivity index (χ1) is 8.95. The summed E-state index contributed by atoms with van der Waals surface area (Å²) in [5, 5.41) is 0.0234. The molecule has 100 valence electrons. The van der Waals surface area contributed by atoms with E-state index in [4.69, 9.17) is 22.1 Å². The molecule has 1 aromatic carbocycles. The van der Waals surface area contributed by atoms with Crippen LogP contribution in [0.5, 0.6) is 5.75 Å². The molecule has 0 atom stereocenters. The lowest BCUT2D eigenvalue weighted by molar-refractivity contribution is 0.292. The fourth-order valence-corrected chi connectivity index (χ4v) is 2.23. The van der Waals surface area contributed by atoms with E-state index >= 15 is 0 Å². The number of aromatic nitrogens is 2. The molecule has 0 aliphatic carbocycles. The van der Waals surface area contributed by atoms with E-state index in [1.165, 1.54) is 12.1 Å². The van der Waals surface area contributed by atoms with Crippen molar-refractivity contribution in [1.82, 2.24) is 9.97 Å². The zero-order valence-corrected chi connectivity index (χ0v) is 12.3. The van der Waals surface area contributed by atoms with Gasteiger partial charge in [0.1, 0.15) is 24.0 Å². The minimum absolute atomic E-state index is 0.0234. The van der Waals surface area contributed by atoms with Gasteiger partial charge in [-0.3, -0.25) is 0 Å². The second-order valence-electron chi connectivity index (χ2n) is 3.84. The van der Waals surface area contributed by atoms with E-state index in [0.29, 0.717) is 21.9 Å². The van der Waals surface area contributed by atoms with Crippen LogP contribution in [0, 0.1) is 12.7 Å². The summed E-state index contributed by atoms with van der Waals surface area (Å²) in [5.41, 5.74) is 6.35. The molecular weight excluding hydrogens is 337 g/mol. The molecule has 2 N–H and O–H groups in total. The van der Waals surface area contributed by atoms with E-state index in [-0.39, 0.29) is 11.6 Å². The lowest BCUT2D eigenvalue weighted by atomic mass is 10.3. The third kappa shape index (κ3) is 3.54. The fourth-order valence-electron chi connectivity index (χ4n) is 1.48. The number of anilines is 1. The van der Waals surface area contributed by atoms with Crippen molar-refractivity contribution in [1.29, 1.82) is 0 Å². The van der Waals surface area contributed by atoms with Gasteiger partial charge < -0.3 is 10.5 Å². The zero-order valence-electron chi connectivity index (χ0n) is 9.95. The number of benzene rings is 1. The monoisotopic (exact) mass is 345 g/mol. The quantitative estimate of drug-likeness (QED) is 0.864. The first kappa shape index (κ1) is 14.0. The van der Waals surface area contributed by atoms with Gasteiger partial charge in [0.25, 0.3) is 0 Å². The van der Waals surface area contributed by atoms with Gasteiger partial charge in [-0.05, 0) is 28.9 Å². The van der Waals surface area contributed by atoms with Crippen LogP contribution < -0.4 is 10.5 Å². The highest BCUT2D eigenvalue weighted by Gasteiger charge is 2.09. The molecule has 1 aromatic heterocycles. The summed E-state index contributed by atoms with van der Waals surface area (Å²) in [7, 11) is 0. The molecule has 1 heterocycles. The van der Waals surface area contributed by atoms with E-state index in [1.54, 1.807) is 13.0 Å². The predicted octanol–water partition coefficient (Wildman–Crippen LogP) is 3.50. The van der Waals surface area contributed by atoms with Gasteiger partial charge in [0, 0.05) is 17.8 Å². The summed E-state index contributed by atoms with van der Waals surface area (Å²) in [4.78, 5) is 8.19. The topological polar surface area (TPSA) is 61.0 Å². The van der Waals surface area contributed by atoms with Crippen LogP contribution in [0.15, 0.2) is 22.7 Å². The van der Waals surface area contributed by atoms with Crippen LogP contribution in [0.4, 0.5) is 10.2 Å². The van der Waals surface area contributed by atoms with Gasteiger partial charge in [-0.1, -0.05) is 11.6 Å². The Kier molecular flexibility index (Phi) is 4.21. The molecule has 2 rings (SSSR count). The van der Waals surface area contributed by atoms with Crippen LogP contribution in [0.2, 0.25) is 5.02 Å². The van der Waals surface area contributed by atoms with Crippen molar-refractivity contribution in [2.45, 2.75) is 13.5 Å². The molecule has 0 saturated carbocycles. The Morgan fingerprint density at radius 1 is 1.37 bits per heavy atom. The Morgan fingerprint density at radius 2 is 2.11 bits per heavy atom. The second-order valence-corrected chi connectivity index (χ2v) is 5.10. The molecule has 2 aromatic rings. The summed E-state index contributed by atoms with van der Waals surface area (Å²) in [6.07, 6.45) is 0. The third-order valence-electron chi connectivity index (χ3n) is 2.25. The van der Waals surface area contributed by atoms with Gasteiger partial charge >= 0.3 is 0 Å². The number of nitrogens with two attached hydrogens (primary N) is 1. The summed E-state index contributed by atoms with van der Waals surface area (Å²) in [6, 6.07) is 4.28. The number of hydrogen-bond acceptors (Lipinski definition) is 4. The van der Waals surface area contributed by atoms with Crippen molar-refractivity contribution >= 4 is 33.3 Å². The van der Waals surface area contributed by atoms with Crippen LogP contribution in [0.1, 0.15) is 11.5 Å². The molecule has 0 aliphatic heterocycles. The highest BCUT2D eigenvalue weighted by Crippen LogP contribution is 2.30. The maximum atomic E-state index is 13.3. The van der Waals surface area contributed by atoms with E-state index in [9.17, 15) is 4.39 Å². The molecule has 0 amide bonds. The van der Waals surface area contributed by atoms with Gasteiger partial charge in [-0.2, -0.15) is 0 Å². The number of ether oxygens (including phenoxy) is 1. The number of aryl methyl sites for hydroxylation is 1. The number of halogens is 3. The minimum atomic E-state index is -0.551.